The first-order chi connectivity index (χ1) is 8.63. The molecule has 1 aromatic heterocycles. The van der Waals surface area contributed by atoms with Crippen LogP contribution in [0.2, 0.25) is 0 Å². The topological polar surface area (TPSA) is 34.9 Å². The number of nitrogens with zero attached hydrogens (tertiary/aromatic N) is 2. The Hall–Kier alpha value is -1.49. The van der Waals surface area contributed by atoms with E-state index in [2.05, 4.69) is 21.0 Å². The molecule has 5 heteroatoms. The van der Waals surface area contributed by atoms with Gasteiger partial charge < -0.3 is 4.79 Å². The van der Waals surface area contributed by atoms with Crippen LogP contribution in [0.15, 0.2) is 28.7 Å². The van der Waals surface area contributed by atoms with Gasteiger partial charge in [0.25, 0.3) is 0 Å². The molecular formula is C13H12BrFN2O. The van der Waals surface area contributed by atoms with Crippen molar-refractivity contribution in [2.24, 2.45) is 0 Å². The number of aromatic nitrogens is 2. The van der Waals surface area contributed by atoms with Gasteiger partial charge in [-0.1, -0.05) is 0 Å². The predicted octanol–water partition coefficient (Wildman–Crippen LogP) is 3.35. The Labute approximate surface area is 113 Å². The van der Waals surface area contributed by atoms with Crippen molar-refractivity contribution >= 4 is 22.2 Å². The Kier molecular flexibility index (Phi) is 3.91. The van der Waals surface area contributed by atoms with Gasteiger partial charge in [0.2, 0.25) is 0 Å². The molecule has 0 atom stereocenters. The van der Waals surface area contributed by atoms with Crippen molar-refractivity contribution in [3.05, 3.63) is 40.2 Å². The van der Waals surface area contributed by atoms with Crippen LogP contribution in [-0.4, -0.2) is 16.1 Å². The van der Waals surface area contributed by atoms with Gasteiger partial charge in [0.05, 0.1) is 15.9 Å². The summed E-state index contributed by atoms with van der Waals surface area (Å²) in [6.07, 6.45) is 1.26. The van der Waals surface area contributed by atoms with Crippen LogP contribution >= 0.6 is 15.9 Å². The maximum atomic E-state index is 12.9. The summed E-state index contributed by atoms with van der Waals surface area (Å²) < 4.78 is 15.6. The number of hydrogen-bond donors (Lipinski definition) is 0. The van der Waals surface area contributed by atoms with Gasteiger partial charge in [-0.2, -0.15) is 5.10 Å². The summed E-state index contributed by atoms with van der Waals surface area (Å²) in [5, 5.41) is 4.36. The Morgan fingerprint density at radius 1 is 1.39 bits per heavy atom. The number of halogens is 2. The molecule has 0 bridgehead atoms. The summed E-state index contributed by atoms with van der Waals surface area (Å²) in [7, 11) is 0. The van der Waals surface area contributed by atoms with E-state index in [1.54, 1.807) is 16.8 Å². The van der Waals surface area contributed by atoms with E-state index >= 15 is 0 Å². The van der Waals surface area contributed by atoms with Crippen LogP contribution in [0.3, 0.4) is 0 Å². The van der Waals surface area contributed by atoms with Crippen molar-refractivity contribution in [1.29, 1.82) is 0 Å². The monoisotopic (exact) mass is 310 g/mol. The molecule has 0 aliphatic heterocycles. The molecule has 0 aliphatic rings. The molecule has 2 aromatic rings. The van der Waals surface area contributed by atoms with E-state index in [4.69, 9.17) is 0 Å². The predicted molar refractivity (Wildman–Crippen MR) is 70.7 cm³/mol. The lowest BCUT2D eigenvalue weighted by Gasteiger charge is -2.06. The lowest BCUT2D eigenvalue weighted by molar-refractivity contribution is -0.108. The summed E-state index contributed by atoms with van der Waals surface area (Å²) in [4.78, 5) is 10.5. The first-order valence-corrected chi connectivity index (χ1v) is 6.35. The van der Waals surface area contributed by atoms with E-state index in [0.29, 0.717) is 13.0 Å². The number of rotatable bonds is 4. The molecule has 2 rings (SSSR count). The summed E-state index contributed by atoms with van der Waals surface area (Å²) in [5.74, 6) is -0.273. The zero-order valence-electron chi connectivity index (χ0n) is 9.86. The van der Waals surface area contributed by atoms with Gasteiger partial charge in [-0.25, -0.2) is 4.39 Å². The molecule has 0 saturated heterocycles. The third-order valence-corrected chi connectivity index (χ3v) is 3.58. The van der Waals surface area contributed by atoms with E-state index in [9.17, 15) is 9.18 Å². The molecule has 0 spiro atoms. The van der Waals surface area contributed by atoms with E-state index in [1.165, 1.54) is 12.1 Å². The Morgan fingerprint density at radius 2 is 2.06 bits per heavy atom. The van der Waals surface area contributed by atoms with Crippen LogP contribution in [0.25, 0.3) is 11.3 Å². The third-order valence-electron chi connectivity index (χ3n) is 2.63. The fourth-order valence-electron chi connectivity index (χ4n) is 1.78. The molecule has 0 radical (unpaired) electrons. The van der Waals surface area contributed by atoms with Crippen LogP contribution in [0.5, 0.6) is 0 Å². The summed E-state index contributed by atoms with van der Waals surface area (Å²) in [6.45, 7) is 2.40. The van der Waals surface area contributed by atoms with Gasteiger partial charge >= 0.3 is 0 Å². The maximum Gasteiger partial charge on any atom is 0.123 e. The lowest BCUT2D eigenvalue weighted by atomic mass is 10.1. The minimum atomic E-state index is -0.273. The molecule has 1 aromatic carbocycles. The van der Waals surface area contributed by atoms with Crippen LogP contribution in [-0.2, 0) is 11.3 Å². The fourth-order valence-corrected chi connectivity index (χ4v) is 2.29. The highest BCUT2D eigenvalue weighted by atomic mass is 79.9. The van der Waals surface area contributed by atoms with E-state index < -0.39 is 0 Å². The van der Waals surface area contributed by atoms with Crippen molar-refractivity contribution < 1.29 is 9.18 Å². The zero-order valence-corrected chi connectivity index (χ0v) is 11.4. The number of aryl methyl sites for hydroxylation is 2. The molecule has 0 saturated carbocycles. The van der Waals surface area contributed by atoms with Crippen LogP contribution in [0, 0.1) is 12.7 Å². The molecule has 0 fully saturated rings. The molecular weight excluding hydrogens is 299 g/mol. The quantitative estimate of drug-likeness (QED) is 0.812. The van der Waals surface area contributed by atoms with Crippen LogP contribution < -0.4 is 0 Å². The first kappa shape index (κ1) is 13.0. The molecule has 0 aliphatic carbocycles. The number of aldehydes is 1. The Morgan fingerprint density at radius 3 is 2.67 bits per heavy atom. The highest BCUT2D eigenvalue weighted by molar-refractivity contribution is 9.10. The van der Waals surface area contributed by atoms with E-state index in [1.807, 2.05) is 6.92 Å². The van der Waals surface area contributed by atoms with E-state index in [-0.39, 0.29) is 5.82 Å². The fraction of sp³-hybridized carbons (Fsp3) is 0.231. The van der Waals surface area contributed by atoms with Crippen LogP contribution in [0.4, 0.5) is 4.39 Å². The highest BCUT2D eigenvalue weighted by Gasteiger charge is 2.14. The highest BCUT2D eigenvalue weighted by Crippen LogP contribution is 2.31. The molecule has 0 N–H and O–H groups in total. The van der Waals surface area contributed by atoms with Crippen molar-refractivity contribution in [3.63, 3.8) is 0 Å². The molecule has 0 unspecified atom stereocenters. The first-order valence-electron chi connectivity index (χ1n) is 5.56. The van der Waals surface area contributed by atoms with Gasteiger partial charge in [-0.05, 0) is 47.1 Å². The van der Waals surface area contributed by atoms with Crippen molar-refractivity contribution in [2.75, 3.05) is 0 Å². The Balaban J connectivity index is 2.47. The normalized spacial score (nSPS) is 10.6. The third kappa shape index (κ3) is 2.51. The lowest BCUT2D eigenvalue weighted by Crippen LogP contribution is -2.03. The van der Waals surface area contributed by atoms with Gasteiger partial charge in [-0.3, -0.25) is 4.68 Å². The molecule has 94 valence electrons. The van der Waals surface area contributed by atoms with Crippen molar-refractivity contribution in [1.82, 2.24) is 9.78 Å². The second-order valence-electron chi connectivity index (χ2n) is 3.93. The Bertz CT molecular complexity index is 563. The summed E-state index contributed by atoms with van der Waals surface area (Å²) >= 11 is 3.48. The summed E-state index contributed by atoms with van der Waals surface area (Å²) in [5.41, 5.74) is 2.59. The van der Waals surface area contributed by atoms with Crippen LogP contribution in [0.1, 0.15) is 12.1 Å². The van der Waals surface area contributed by atoms with Gasteiger partial charge in [0.15, 0.2) is 0 Å². The second kappa shape index (κ2) is 5.44. The zero-order chi connectivity index (χ0) is 13.1. The standard InChI is InChI=1S/C13H12BrFN2O/c1-9-12(14)13(17(16-9)7-2-8-18)10-3-5-11(15)6-4-10/h3-6,8H,2,7H2,1H3. The number of benzene rings is 1. The largest absolute Gasteiger partial charge is 0.303 e. The van der Waals surface area contributed by atoms with Crippen molar-refractivity contribution in [2.45, 2.75) is 19.9 Å². The smallest absolute Gasteiger partial charge is 0.123 e. The molecule has 18 heavy (non-hydrogen) atoms. The molecule has 1 heterocycles. The SMILES string of the molecule is Cc1nn(CCC=O)c(-c2ccc(F)cc2)c1Br. The van der Waals surface area contributed by atoms with Gasteiger partial charge in [-0.15, -0.1) is 0 Å². The number of hydrogen-bond acceptors (Lipinski definition) is 2. The van der Waals surface area contributed by atoms with Crippen molar-refractivity contribution in [3.8, 4) is 11.3 Å². The minimum Gasteiger partial charge on any atom is -0.303 e. The maximum absolute atomic E-state index is 12.9. The average Bonchev–Trinajstić information content (AvgIpc) is 2.64. The minimum absolute atomic E-state index is 0.273. The van der Waals surface area contributed by atoms with Gasteiger partial charge in [0.1, 0.15) is 12.1 Å². The van der Waals surface area contributed by atoms with E-state index in [0.717, 1.165) is 27.7 Å². The molecule has 3 nitrogen and oxygen atoms in total. The van der Waals surface area contributed by atoms with Gasteiger partial charge in [0, 0.05) is 18.5 Å². The molecule has 0 amide bonds. The second-order valence-corrected chi connectivity index (χ2v) is 4.73. The summed E-state index contributed by atoms with van der Waals surface area (Å²) in [6, 6.07) is 6.23. The number of carbonyl (C=O) groups is 1. The average molecular weight is 311 g/mol. The number of carbonyl (C=O) groups excluding carboxylic acids is 1.